The van der Waals surface area contributed by atoms with Gasteiger partial charge in [-0.1, -0.05) is 17.7 Å². The second-order valence-corrected chi connectivity index (χ2v) is 4.47. The van der Waals surface area contributed by atoms with Gasteiger partial charge in [0.25, 0.3) is 0 Å². The van der Waals surface area contributed by atoms with E-state index >= 15 is 0 Å². The molecule has 7 heteroatoms. The fourth-order valence-electron chi connectivity index (χ4n) is 1.30. The minimum atomic E-state index is -0.0817. The summed E-state index contributed by atoms with van der Waals surface area (Å²) in [4.78, 5) is 0. The summed E-state index contributed by atoms with van der Waals surface area (Å²) in [7, 11) is 0. The van der Waals surface area contributed by atoms with Crippen molar-refractivity contribution < 1.29 is 9.84 Å². The molecule has 0 bridgehead atoms. The molecule has 0 radical (unpaired) electrons. The molecule has 0 saturated heterocycles. The highest BCUT2D eigenvalue weighted by atomic mass is 35.5. The first kappa shape index (κ1) is 16.3. The Labute approximate surface area is 128 Å². The first-order valence-corrected chi connectivity index (χ1v) is 6.70. The van der Waals surface area contributed by atoms with E-state index in [9.17, 15) is 5.11 Å². The molecule has 0 amide bonds. The van der Waals surface area contributed by atoms with Crippen molar-refractivity contribution in [1.29, 1.82) is 0 Å². The standard InChI is InChI=1S/C13H16ClN3O2S/c1-3-5-15-13(20)17-16-8-9-6-10(14)12(18)11(7-9)19-4-2/h3,6-8,18H,1,4-5H2,2H3,(H2,15,17,20)/b16-8+. The number of nitrogens with one attached hydrogen (secondary N) is 2. The molecule has 1 aromatic rings. The van der Waals surface area contributed by atoms with Crippen LogP contribution in [-0.4, -0.2) is 29.6 Å². The van der Waals surface area contributed by atoms with E-state index in [0.717, 1.165) is 0 Å². The van der Waals surface area contributed by atoms with Crippen LogP contribution in [-0.2, 0) is 0 Å². The predicted molar refractivity (Wildman–Crippen MR) is 85.8 cm³/mol. The Morgan fingerprint density at radius 1 is 1.60 bits per heavy atom. The topological polar surface area (TPSA) is 65.9 Å². The average molecular weight is 314 g/mol. The number of phenolic OH excluding ortho intramolecular Hbond substituents is 1. The van der Waals surface area contributed by atoms with Gasteiger partial charge in [0.15, 0.2) is 16.6 Å². The summed E-state index contributed by atoms with van der Waals surface area (Å²) in [6.45, 7) is 6.37. The number of hydrogen-bond acceptors (Lipinski definition) is 4. The van der Waals surface area contributed by atoms with Gasteiger partial charge in [0.05, 0.1) is 17.8 Å². The molecule has 0 heterocycles. The van der Waals surface area contributed by atoms with Gasteiger partial charge in [-0.3, -0.25) is 5.43 Å². The van der Waals surface area contributed by atoms with Crippen molar-refractivity contribution in [3.8, 4) is 11.5 Å². The van der Waals surface area contributed by atoms with E-state index in [0.29, 0.717) is 29.6 Å². The Bertz CT molecular complexity index is 521. The molecule has 0 aliphatic carbocycles. The number of halogens is 1. The molecule has 0 spiro atoms. The van der Waals surface area contributed by atoms with Gasteiger partial charge < -0.3 is 15.2 Å². The molecule has 108 valence electrons. The van der Waals surface area contributed by atoms with Crippen LogP contribution in [0.3, 0.4) is 0 Å². The fraction of sp³-hybridized carbons (Fsp3) is 0.231. The summed E-state index contributed by atoms with van der Waals surface area (Å²) in [5.41, 5.74) is 3.32. The van der Waals surface area contributed by atoms with Crippen LogP contribution < -0.4 is 15.5 Å². The minimum absolute atomic E-state index is 0.0817. The lowest BCUT2D eigenvalue weighted by Crippen LogP contribution is -2.31. The van der Waals surface area contributed by atoms with Crippen molar-refractivity contribution in [3.63, 3.8) is 0 Å². The molecular formula is C13H16ClN3O2S. The van der Waals surface area contributed by atoms with E-state index in [1.165, 1.54) is 6.21 Å². The number of nitrogens with zero attached hydrogens (tertiary/aromatic N) is 1. The molecule has 20 heavy (non-hydrogen) atoms. The zero-order valence-electron chi connectivity index (χ0n) is 11.0. The van der Waals surface area contributed by atoms with E-state index in [1.54, 1.807) is 18.2 Å². The van der Waals surface area contributed by atoms with Gasteiger partial charge >= 0.3 is 0 Å². The number of thiocarbonyl (C=S) groups is 1. The molecular weight excluding hydrogens is 298 g/mol. The molecule has 0 atom stereocenters. The normalized spacial score (nSPS) is 10.3. The third kappa shape index (κ3) is 5.07. The molecule has 0 saturated carbocycles. The second kappa shape index (κ2) is 8.39. The quantitative estimate of drug-likeness (QED) is 0.326. The van der Waals surface area contributed by atoms with Crippen LogP contribution in [0.5, 0.6) is 11.5 Å². The Morgan fingerprint density at radius 2 is 2.35 bits per heavy atom. The van der Waals surface area contributed by atoms with E-state index in [4.69, 9.17) is 28.6 Å². The van der Waals surface area contributed by atoms with Crippen molar-refractivity contribution in [2.45, 2.75) is 6.92 Å². The number of benzene rings is 1. The third-order valence-electron chi connectivity index (χ3n) is 2.14. The van der Waals surface area contributed by atoms with Gasteiger partial charge in [0.1, 0.15) is 0 Å². The Balaban J connectivity index is 2.72. The molecule has 0 aliphatic rings. The number of rotatable bonds is 6. The molecule has 3 N–H and O–H groups in total. The SMILES string of the molecule is C=CCNC(=S)N/N=C/c1cc(Cl)c(O)c(OCC)c1. The molecule has 1 aromatic carbocycles. The summed E-state index contributed by atoms with van der Waals surface area (Å²) in [5.74, 6) is 0.232. The van der Waals surface area contributed by atoms with Gasteiger partial charge in [-0.05, 0) is 36.8 Å². The Hall–Kier alpha value is -1.79. The summed E-state index contributed by atoms with van der Waals surface area (Å²) >= 11 is 10.9. The maximum Gasteiger partial charge on any atom is 0.187 e. The molecule has 5 nitrogen and oxygen atoms in total. The Kier molecular flexibility index (Phi) is 6.83. The lowest BCUT2D eigenvalue weighted by atomic mass is 10.2. The first-order valence-electron chi connectivity index (χ1n) is 5.91. The first-order chi connectivity index (χ1) is 9.58. The third-order valence-corrected chi connectivity index (χ3v) is 2.66. The lowest BCUT2D eigenvalue weighted by Gasteiger charge is -2.08. The van der Waals surface area contributed by atoms with Crippen molar-refractivity contribution >= 4 is 35.1 Å². The summed E-state index contributed by atoms with van der Waals surface area (Å²) in [5, 5.41) is 17.1. The maximum atomic E-state index is 9.71. The van der Waals surface area contributed by atoms with Crippen molar-refractivity contribution in [2.75, 3.05) is 13.2 Å². The number of ether oxygens (including phenoxy) is 1. The Morgan fingerprint density at radius 3 is 3.00 bits per heavy atom. The summed E-state index contributed by atoms with van der Waals surface area (Å²) < 4.78 is 5.27. The molecule has 1 rings (SSSR count). The second-order valence-electron chi connectivity index (χ2n) is 3.65. The molecule has 0 aromatic heterocycles. The van der Waals surface area contributed by atoms with E-state index in [1.807, 2.05) is 6.92 Å². The minimum Gasteiger partial charge on any atom is -0.503 e. The highest BCUT2D eigenvalue weighted by Crippen LogP contribution is 2.34. The van der Waals surface area contributed by atoms with E-state index in [-0.39, 0.29) is 10.8 Å². The molecule has 0 fully saturated rings. The van der Waals surface area contributed by atoms with Crippen LogP contribution in [0.1, 0.15) is 12.5 Å². The van der Waals surface area contributed by atoms with E-state index in [2.05, 4.69) is 22.4 Å². The van der Waals surface area contributed by atoms with Crippen molar-refractivity contribution in [2.24, 2.45) is 5.10 Å². The van der Waals surface area contributed by atoms with Gasteiger partial charge in [0.2, 0.25) is 0 Å². The average Bonchev–Trinajstić information content (AvgIpc) is 2.42. The van der Waals surface area contributed by atoms with E-state index < -0.39 is 0 Å². The number of phenols is 1. The number of hydrogen-bond donors (Lipinski definition) is 3. The fourth-order valence-corrected chi connectivity index (χ4v) is 1.66. The molecule has 0 aliphatic heterocycles. The van der Waals surface area contributed by atoms with Gasteiger partial charge in [-0.2, -0.15) is 5.10 Å². The van der Waals surface area contributed by atoms with Crippen molar-refractivity contribution in [3.05, 3.63) is 35.4 Å². The van der Waals surface area contributed by atoms with Crippen LogP contribution in [0.4, 0.5) is 0 Å². The van der Waals surface area contributed by atoms with Crippen LogP contribution in [0.15, 0.2) is 29.9 Å². The maximum absolute atomic E-state index is 9.71. The lowest BCUT2D eigenvalue weighted by molar-refractivity contribution is 0.318. The molecule has 0 unspecified atom stereocenters. The van der Waals surface area contributed by atoms with Gasteiger partial charge in [-0.25, -0.2) is 0 Å². The number of aromatic hydroxyl groups is 1. The van der Waals surface area contributed by atoms with Gasteiger partial charge in [-0.15, -0.1) is 6.58 Å². The highest BCUT2D eigenvalue weighted by molar-refractivity contribution is 7.80. The van der Waals surface area contributed by atoms with Crippen molar-refractivity contribution in [1.82, 2.24) is 10.7 Å². The van der Waals surface area contributed by atoms with Gasteiger partial charge in [0, 0.05) is 6.54 Å². The van der Waals surface area contributed by atoms with Crippen LogP contribution in [0.2, 0.25) is 5.02 Å². The number of hydrazone groups is 1. The zero-order valence-corrected chi connectivity index (χ0v) is 12.6. The zero-order chi connectivity index (χ0) is 15.0. The highest BCUT2D eigenvalue weighted by Gasteiger charge is 2.08. The monoisotopic (exact) mass is 313 g/mol. The summed E-state index contributed by atoms with van der Waals surface area (Å²) in [6.07, 6.45) is 3.21. The smallest absolute Gasteiger partial charge is 0.187 e. The summed E-state index contributed by atoms with van der Waals surface area (Å²) in [6, 6.07) is 3.21. The largest absolute Gasteiger partial charge is 0.503 e. The van der Waals surface area contributed by atoms with Crippen LogP contribution in [0.25, 0.3) is 0 Å². The van der Waals surface area contributed by atoms with Crippen LogP contribution >= 0.6 is 23.8 Å². The van der Waals surface area contributed by atoms with Crippen LogP contribution in [0, 0.1) is 0 Å². The predicted octanol–water partition coefficient (Wildman–Crippen LogP) is 2.43.